The molecule has 0 unspecified atom stereocenters. The Morgan fingerprint density at radius 1 is 0.810 bits per heavy atom. The van der Waals surface area contributed by atoms with Crippen LogP contribution in [0.5, 0.6) is 5.75 Å². The van der Waals surface area contributed by atoms with Crippen LogP contribution in [0, 0.1) is 0 Å². The monoisotopic (exact) mass is 278 g/mol. The predicted octanol–water partition coefficient (Wildman–Crippen LogP) is 4.56. The molecule has 0 bridgehead atoms. The third-order valence-corrected chi connectivity index (χ3v) is 3.12. The Morgan fingerprint density at radius 2 is 1.52 bits per heavy atom. The van der Waals surface area contributed by atoms with Crippen molar-refractivity contribution in [1.82, 2.24) is 0 Å². The molecule has 0 heterocycles. The third kappa shape index (κ3) is 3.39. The molecular weight excluding hydrogens is 264 g/mol. The van der Waals surface area contributed by atoms with Crippen molar-refractivity contribution in [3.8, 4) is 5.75 Å². The lowest BCUT2D eigenvalue weighted by molar-refractivity contribution is 0.0928. The average Bonchev–Trinajstić information content (AvgIpc) is 2.54. The number of ether oxygens (including phenoxy) is 2. The quantitative estimate of drug-likeness (QED) is 0.520. The lowest BCUT2D eigenvalue weighted by atomic mass is 10.1. The minimum absolute atomic E-state index is 0.202. The van der Waals surface area contributed by atoms with Crippen LogP contribution in [-0.2, 0) is 11.3 Å². The maximum atomic E-state index is 11.7. The van der Waals surface area contributed by atoms with E-state index in [0.717, 1.165) is 16.3 Å². The summed E-state index contributed by atoms with van der Waals surface area (Å²) in [5.41, 5.74) is 0.924. The molecule has 3 aromatic rings. The SMILES string of the molecule is O=C(OCc1ccccc1)Oc1ccc2ccccc2c1. The van der Waals surface area contributed by atoms with Crippen LogP contribution in [0.3, 0.4) is 0 Å². The lowest BCUT2D eigenvalue weighted by Crippen LogP contribution is -2.10. The van der Waals surface area contributed by atoms with Crippen LogP contribution in [0.4, 0.5) is 4.79 Å². The van der Waals surface area contributed by atoms with Gasteiger partial charge in [-0.1, -0.05) is 60.7 Å². The van der Waals surface area contributed by atoms with Crippen molar-refractivity contribution in [3.05, 3.63) is 78.4 Å². The van der Waals surface area contributed by atoms with Gasteiger partial charge in [0.05, 0.1) is 0 Å². The zero-order valence-electron chi connectivity index (χ0n) is 11.4. The fraction of sp³-hybridized carbons (Fsp3) is 0.0556. The fourth-order valence-corrected chi connectivity index (χ4v) is 2.07. The molecule has 0 N–H and O–H groups in total. The molecule has 21 heavy (non-hydrogen) atoms. The highest BCUT2D eigenvalue weighted by Gasteiger charge is 2.07. The molecule has 0 spiro atoms. The van der Waals surface area contributed by atoms with E-state index >= 15 is 0 Å². The van der Waals surface area contributed by atoms with E-state index in [0.29, 0.717) is 5.75 Å². The molecule has 0 saturated heterocycles. The van der Waals surface area contributed by atoms with Crippen molar-refractivity contribution >= 4 is 16.9 Å². The molecule has 0 atom stereocenters. The fourth-order valence-electron chi connectivity index (χ4n) is 2.07. The van der Waals surface area contributed by atoms with Gasteiger partial charge in [-0.2, -0.15) is 0 Å². The second kappa shape index (κ2) is 6.09. The van der Waals surface area contributed by atoms with Crippen LogP contribution >= 0.6 is 0 Å². The summed E-state index contributed by atoms with van der Waals surface area (Å²) in [6, 6.07) is 22.9. The summed E-state index contributed by atoms with van der Waals surface area (Å²) in [6.07, 6.45) is -0.700. The smallest absolute Gasteiger partial charge is 0.429 e. The van der Waals surface area contributed by atoms with Crippen LogP contribution < -0.4 is 4.74 Å². The molecule has 104 valence electrons. The van der Waals surface area contributed by atoms with E-state index in [2.05, 4.69) is 0 Å². The minimum Gasteiger partial charge on any atom is -0.429 e. The average molecular weight is 278 g/mol. The van der Waals surface area contributed by atoms with E-state index in [1.54, 1.807) is 6.07 Å². The number of rotatable bonds is 3. The summed E-state index contributed by atoms with van der Waals surface area (Å²) in [6.45, 7) is 0.202. The van der Waals surface area contributed by atoms with E-state index in [4.69, 9.17) is 9.47 Å². The highest BCUT2D eigenvalue weighted by Crippen LogP contribution is 2.21. The van der Waals surface area contributed by atoms with Crippen LogP contribution in [0.1, 0.15) is 5.56 Å². The summed E-state index contributed by atoms with van der Waals surface area (Å²) >= 11 is 0. The summed E-state index contributed by atoms with van der Waals surface area (Å²) in [4.78, 5) is 11.7. The zero-order chi connectivity index (χ0) is 14.5. The van der Waals surface area contributed by atoms with Crippen LogP contribution in [0.15, 0.2) is 72.8 Å². The molecule has 3 nitrogen and oxygen atoms in total. The van der Waals surface area contributed by atoms with Gasteiger partial charge in [-0.3, -0.25) is 0 Å². The number of hydrogen-bond donors (Lipinski definition) is 0. The molecule has 3 heteroatoms. The van der Waals surface area contributed by atoms with Crippen LogP contribution in [0.25, 0.3) is 10.8 Å². The second-order valence-electron chi connectivity index (χ2n) is 4.64. The minimum atomic E-state index is -0.700. The van der Waals surface area contributed by atoms with Crippen molar-refractivity contribution in [2.24, 2.45) is 0 Å². The summed E-state index contributed by atoms with van der Waals surface area (Å²) < 4.78 is 10.3. The second-order valence-corrected chi connectivity index (χ2v) is 4.64. The van der Waals surface area contributed by atoms with Gasteiger partial charge in [0.2, 0.25) is 0 Å². The number of hydrogen-bond acceptors (Lipinski definition) is 3. The Labute approximate surface area is 122 Å². The third-order valence-electron chi connectivity index (χ3n) is 3.12. The van der Waals surface area contributed by atoms with Gasteiger partial charge in [0.1, 0.15) is 12.4 Å². The Balaban J connectivity index is 1.63. The topological polar surface area (TPSA) is 35.5 Å². The van der Waals surface area contributed by atoms with Crippen LogP contribution in [-0.4, -0.2) is 6.16 Å². The van der Waals surface area contributed by atoms with E-state index in [1.165, 1.54) is 0 Å². The number of fused-ring (bicyclic) bond motifs is 1. The molecule has 0 amide bonds. The molecule has 3 aromatic carbocycles. The maximum Gasteiger partial charge on any atom is 0.514 e. The van der Waals surface area contributed by atoms with Crippen molar-refractivity contribution < 1.29 is 14.3 Å². The molecule has 0 aliphatic rings. The normalized spacial score (nSPS) is 10.3. The van der Waals surface area contributed by atoms with Gasteiger partial charge in [0.25, 0.3) is 0 Å². The van der Waals surface area contributed by atoms with Gasteiger partial charge in [-0.15, -0.1) is 0 Å². The Hall–Kier alpha value is -2.81. The molecule has 0 aromatic heterocycles. The molecule has 0 radical (unpaired) electrons. The summed E-state index contributed by atoms with van der Waals surface area (Å²) in [5.74, 6) is 0.478. The Kier molecular flexibility index (Phi) is 3.83. The van der Waals surface area contributed by atoms with Crippen molar-refractivity contribution in [3.63, 3.8) is 0 Å². The van der Waals surface area contributed by atoms with Gasteiger partial charge in [0, 0.05) is 0 Å². The first-order valence-corrected chi connectivity index (χ1v) is 6.68. The Bertz CT molecular complexity index is 751. The van der Waals surface area contributed by atoms with Gasteiger partial charge >= 0.3 is 6.16 Å². The first-order chi connectivity index (χ1) is 10.3. The van der Waals surface area contributed by atoms with Crippen molar-refractivity contribution in [2.45, 2.75) is 6.61 Å². The molecule has 3 rings (SSSR count). The van der Waals surface area contributed by atoms with Gasteiger partial charge in [0.15, 0.2) is 0 Å². The largest absolute Gasteiger partial charge is 0.514 e. The highest BCUT2D eigenvalue weighted by molar-refractivity contribution is 5.84. The lowest BCUT2D eigenvalue weighted by Gasteiger charge is -2.07. The van der Waals surface area contributed by atoms with E-state index < -0.39 is 6.16 Å². The summed E-state index contributed by atoms with van der Waals surface area (Å²) in [7, 11) is 0. The molecule has 0 saturated carbocycles. The standard InChI is InChI=1S/C18H14O3/c19-18(20-13-14-6-2-1-3-7-14)21-17-11-10-15-8-4-5-9-16(15)12-17/h1-12H,13H2. The number of carbonyl (C=O) groups is 1. The summed E-state index contributed by atoms with van der Waals surface area (Å²) in [5, 5.41) is 2.12. The molecule has 0 aliphatic carbocycles. The van der Waals surface area contributed by atoms with Gasteiger partial charge < -0.3 is 9.47 Å². The number of carbonyl (C=O) groups excluding carboxylic acids is 1. The zero-order valence-corrected chi connectivity index (χ0v) is 11.4. The van der Waals surface area contributed by atoms with Crippen LogP contribution in [0.2, 0.25) is 0 Å². The van der Waals surface area contributed by atoms with Gasteiger partial charge in [-0.05, 0) is 28.5 Å². The number of benzene rings is 3. The van der Waals surface area contributed by atoms with Gasteiger partial charge in [-0.25, -0.2) is 4.79 Å². The molecular formula is C18H14O3. The van der Waals surface area contributed by atoms with Crippen molar-refractivity contribution in [1.29, 1.82) is 0 Å². The van der Waals surface area contributed by atoms with E-state index in [9.17, 15) is 4.79 Å². The van der Waals surface area contributed by atoms with E-state index in [1.807, 2.05) is 66.7 Å². The maximum absolute atomic E-state index is 11.7. The predicted molar refractivity (Wildman–Crippen MR) is 81.2 cm³/mol. The molecule has 0 fully saturated rings. The van der Waals surface area contributed by atoms with Crippen molar-refractivity contribution in [2.75, 3.05) is 0 Å². The molecule has 0 aliphatic heterocycles. The first-order valence-electron chi connectivity index (χ1n) is 6.68. The van der Waals surface area contributed by atoms with E-state index in [-0.39, 0.29) is 6.61 Å². The first kappa shape index (κ1) is 13.2. The Morgan fingerprint density at radius 3 is 2.33 bits per heavy atom. The highest BCUT2D eigenvalue weighted by atomic mass is 16.7.